The number of amides is 1. The molecule has 0 aliphatic rings. The molecule has 0 fully saturated rings. The third kappa shape index (κ3) is 2.60. The molecule has 0 radical (unpaired) electrons. The van der Waals surface area contributed by atoms with E-state index >= 15 is 0 Å². The second-order valence-corrected chi connectivity index (χ2v) is 4.04. The van der Waals surface area contributed by atoms with Gasteiger partial charge in [-0.15, -0.1) is 0 Å². The van der Waals surface area contributed by atoms with E-state index in [1.54, 1.807) is 24.3 Å². The molecule has 92 valence electrons. The highest BCUT2D eigenvalue weighted by Gasteiger charge is 2.11. The molecular formula is C13H9ClFNO2. The van der Waals surface area contributed by atoms with Crippen LogP contribution in [0.3, 0.4) is 0 Å². The normalized spacial score (nSPS) is 10.1. The minimum atomic E-state index is -1.20. The number of para-hydroxylation sites is 1. The van der Waals surface area contributed by atoms with Gasteiger partial charge in [-0.1, -0.05) is 29.8 Å². The summed E-state index contributed by atoms with van der Waals surface area (Å²) >= 11 is 5.82. The fourth-order valence-corrected chi connectivity index (χ4v) is 1.82. The Morgan fingerprint density at radius 3 is 2.61 bits per heavy atom. The summed E-state index contributed by atoms with van der Waals surface area (Å²) < 4.78 is 13.7. The van der Waals surface area contributed by atoms with Gasteiger partial charge in [0.1, 0.15) is 5.82 Å². The first-order valence-corrected chi connectivity index (χ1v) is 5.50. The van der Waals surface area contributed by atoms with Crippen LogP contribution in [0.5, 0.6) is 0 Å². The molecule has 0 atom stereocenters. The number of benzene rings is 2. The van der Waals surface area contributed by atoms with Gasteiger partial charge in [0.15, 0.2) is 0 Å². The second-order valence-electron chi connectivity index (χ2n) is 3.60. The van der Waals surface area contributed by atoms with Crippen LogP contribution in [0.25, 0.3) is 11.1 Å². The first-order valence-electron chi connectivity index (χ1n) is 5.12. The van der Waals surface area contributed by atoms with Crippen molar-refractivity contribution in [1.82, 2.24) is 0 Å². The highest BCUT2D eigenvalue weighted by atomic mass is 35.5. The van der Waals surface area contributed by atoms with E-state index in [-0.39, 0.29) is 5.56 Å². The standard InChI is InChI=1S/C13H9ClFNO2/c14-8-5-6-11(15)10(7-8)9-3-1-2-4-12(9)16-13(17)18/h1-7,16H,(H,17,18). The van der Waals surface area contributed by atoms with E-state index in [1.165, 1.54) is 18.2 Å². The molecule has 0 aliphatic carbocycles. The molecule has 2 aromatic rings. The molecule has 0 saturated heterocycles. The van der Waals surface area contributed by atoms with E-state index in [4.69, 9.17) is 16.7 Å². The van der Waals surface area contributed by atoms with Crippen molar-refractivity contribution in [3.8, 4) is 11.1 Å². The lowest BCUT2D eigenvalue weighted by Gasteiger charge is -2.10. The van der Waals surface area contributed by atoms with Crippen molar-refractivity contribution in [2.75, 3.05) is 5.32 Å². The van der Waals surface area contributed by atoms with Crippen LogP contribution in [-0.4, -0.2) is 11.2 Å². The Labute approximate surface area is 108 Å². The Balaban J connectivity index is 2.56. The van der Waals surface area contributed by atoms with E-state index in [0.717, 1.165) is 0 Å². The fraction of sp³-hybridized carbons (Fsp3) is 0. The molecule has 2 rings (SSSR count). The number of carbonyl (C=O) groups is 1. The molecule has 2 aromatic carbocycles. The lowest BCUT2D eigenvalue weighted by molar-refractivity contribution is 0.210. The van der Waals surface area contributed by atoms with E-state index < -0.39 is 11.9 Å². The molecule has 0 bridgehead atoms. The molecule has 0 heterocycles. The van der Waals surface area contributed by atoms with Crippen molar-refractivity contribution < 1.29 is 14.3 Å². The van der Waals surface area contributed by atoms with E-state index in [0.29, 0.717) is 16.3 Å². The summed E-state index contributed by atoms with van der Waals surface area (Å²) in [7, 11) is 0. The van der Waals surface area contributed by atoms with Crippen LogP contribution in [0, 0.1) is 5.82 Å². The molecule has 3 nitrogen and oxygen atoms in total. The van der Waals surface area contributed by atoms with Gasteiger partial charge in [0.05, 0.1) is 5.69 Å². The summed E-state index contributed by atoms with van der Waals surface area (Å²) in [4.78, 5) is 10.7. The Morgan fingerprint density at radius 1 is 1.17 bits per heavy atom. The van der Waals surface area contributed by atoms with Gasteiger partial charge in [0, 0.05) is 16.1 Å². The first kappa shape index (κ1) is 12.4. The quantitative estimate of drug-likeness (QED) is 0.853. The van der Waals surface area contributed by atoms with Crippen LogP contribution in [0.2, 0.25) is 5.02 Å². The van der Waals surface area contributed by atoms with Crippen molar-refractivity contribution >= 4 is 23.4 Å². The molecule has 0 aromatic heterocycles. The third-order valence-electron chi connectivity index (χ3n) is 2.39. The molecule has 2 N–H and O–H groups in total. The van der Waals surface area contributed by atoms with Crippen LogP contribution in [-0.2, 0) is 0 Å². The van der Waals surface area contributed by atoms with Crippen LogP contribution in [0.1, 0.15) is 0 Å². The minimum absolute atomic E-state index is 0.256. The summed E-state index contributed by atoms with van der Waals surface area (Å²) in [6, 6.07) is 10.7. The molecule has 5 heteroatoms. The van der Waals surface area contributed by atoms with Gasteiger partial charge in [-0.05, 0) is 24.3 Å². The maximum Gasteiger partial charge on any atom is 0.409 e. The van der Waals surface area contributed by atoms with E-state index in [9.17, 15) is 9.18 Å². The zero-order valence-electron chi connectivity index (χ0n) is 9.15. The molecule has 18 heavy (non-hydrogen) atoms. The summed E-state index contributed by atoms with van der Waals surface area (Å²) in [5.74, 6) is -0.459. The summed E-state index contributed by atoms with van der Waals surface area (Å²) in [5.41, 5.74) is 1.01. The van der Waals surface area contributed by atoms with E-state index in [1.807, 2.05) is 0 Å². The monoisotopic (exact) mass is 265 g/mol. The number of hydrogen-bond acceptors (Lipinski definition) is 1. The average molecular weight is 266 g/mol. The second kappa shape index (κ2) is 5.06. The van der Waals surface area contributed by atoms with Crippen LogP contribution in [0.4, 0.5) is 14.9 Å². The smallest absolute Gasteiger partial charge is 0.409 e. The average Bonchev–Trinajstić information content (AvgIpc) is 2.32. The summed E-state index contributed by atoms with van der Waals surface area (Å²) in [5, 5.41) is 11.3. The predicted molar refractivity (Wildman–Crippen MR) is 68.5 cm³/mol. The zero-order valence-corrected chi connectivity index (χ0v) is 9.91. The van der Waals surface area contributed by atoms with Gasteiger partial charge in [-0.2, -0.15) is 0 Å². The Kier molecular flexibility index (Phi) is 3.48. The number of hydrogen-bond donors (Lipinski definition) is 2. The van der Waals surface area contributed by atoms with Crippen molar-refractivity contribution in [2.24, 2.45) is 0 Å². The largest absolute Gasteiger partial charge is 0.465 e. The number of carboxylic acid groups (broad SMARTS) is 1. The Bertz CT molecular complexity index is 601. The van der Waals surface area contributed by atoms with Crippen molar-refractivity contribution in [3.05, 3.63) is 53.3 Å². The fourth-order valence-electron chi connectivity index (χ4n) is 1.65. The van der Waals surface area contributed by atoms with Crippen LogP contribution < -0.4 is 5.32 Å². The van der Waals surface area contributed by atoms with Gasteiger partial charge in [0.2, 0.25) is 0 Å². The third-order valence-corrected chi connectivity index (χ3v) is 2.62. The maximum atomic E-state index is 13.7. The molecule has 0 spiro atoms. The molecule has 0 saturated carbocycles. The predicted octanol–water partition coefficient (Wildman–Crippen LogP) is 4.24. The highest BCUT2D eigenvalue weighted by Crippen LogP contribution is 2.31. The number of rotatable bonds is 2. The van der Waals surface area contributed by atoms with Gasteiger partial charge < -0.3 is 5.11 Å². The molecule has 0 unspecified atom stereocenters. The number of anilines is 1. The lowest BCUT2D eigenvalue weighted by atomic mass is 10.0. The van der Waals surface area contributed by atoms with Gasteiger partial charge in [-0.25, -0.2) is 9.18 Å². The van der Waals surface area contributed by atoms with Crippen molar-refractivity contribution in [2.45, 2.75) is 0 Å². The van der Waals surface area contributed by atoms with Gasteiger partial charge in [0.25, 0.3) is 0 Å². The van der Waals surface area contributed by atoms with Crippen LogP contribution >= 0.6 is 11.6 Å². The summed E-state index contributed by atoms with van der Waals surface area (Å²) in [6.07, 6.45) is -1.20. The van der Waals surface area contributed by atoms with E-state index in [2.05, 4.69) is 5.32 Å². The molecule has 1 amide bonds. The first-order chi connectivity index (χ1) is 8.58. The SMILES string of the molecule is O=C(O)Nc1ccccc1-c1cc(Cl)ccc1F. The Morgan fingerprint density at radius 2 is 1.89 bits per heavy atom. The highest BCUT2D eigenvalue weighted by molar-refractivity contribution is 6.30. The van der Waals surface area contributed by atoms with Crippen molar-refractivity contribution in [3.63, 3.8) is 0 Å². The number of nitrogens with one attached hydrogen (secondary N) is 1. The molecular weight excluding hydrogens is 257 g/mol. The summed E-state index contributed by atoms with van der Waals surface area (Å²) in [6.45, 7) is 0. The zero-order chi connectivity index (χ0) is 13.1. The lowest BCUT2D eigenvalue weighted by Crippen LogP contribution is -2.08. The van der Waals surface area contributed by atoms with Gasteiger partial charge in [-0.3, -0.25) is 5.32 Å². The maximum absolute atomic E-state index is 13.7. The minimum Gasteiger partial charge on any atom is -0.465 e. The molecule has 0 aliphatic heterocycles. The van der Waals surface area contributed by atoms with Gasteiger partial charge >= 0.3 is 6.09 Å². The van der Waals surface area contributed by atoms with Crippen molar-refractivity contribution in [1.29, 1.82) is 0 Å². The Hall–Kier alpha value is -2.07. The number of halogens is 2. The topological polar surface area (TPSA) is 49.3 Å². The van der Waals surface area contributed by atoms with Crippen LogP contribution in [0.15, 0.2) is 42.5 Å².